The zero-order chi connectivity index (χ0) is 35.6. The van der Waals surface area contributed by atoms with Crippen LogP contribution in [0, 0.1) is 0 Å². The van der Waals surface area contributed by atoms with Crippen molar-refractivity contribution in [1.29, 1.82) is 0 Å². The number of carboxylic acids is 2. The van der Waals surface area contributed by atoms with E-state index in [-0.39, 0.29) is 25.2 Å². The lowest BCUT2D eigenvalue weighted by Crippen LogP contribution is -2.49. The Balaban J connectivity index is 0.000000838. The van der Waals surface area contributed by atoms with E-state index in [9.17, 15) is 32.7 Å². The lowest BCUT2D eigenvalue weighted by atomic mass is 9.98. The highest BCUT2D eigenvalue weighted by molar-refractivity contribution is 5.88. The highest BCUT2D eigenvalue weighted by Crippen LogP contribution is 2.24. The molecule has 0 aliphatic heterocycles. The zero-order valence-corrected chi connectivity index (χ0v) is 26.3. The molecule has 2 aromatic heterocycles. The Labute approximate surface area is 280 Å². The maximum Gasteiger partial charge on any atom is 0.490 e. The van der Waals surface area contributed by atoms with Gasteiger partial charge >= 0.3 is 18.1 Å². The van der Waals surface area contributed by atoms with Gasteiger partial charge in [-0.2, -0.15) is 13.2 Å². The van der Waals surface area contributed by atoms with Crippen LogP contribution in [0.25, 0.3) is 11.1 Å². The van der Waals surface area contributed by atoms with Crippen molar-refractivity contribution in [2.24, 2.45) is 0 Å². The van der Waals surface area contributed by atoms with E-state index >= 15 is 0 Å². The number of alkyl halides is 3. The summed E-state index contributed by atoms with van der Waals surface area (Å²) >= 11 is 0. The molecule has 0 fully saturated rings. The Kier molecular flexibility index (Phi) is 14.7. The fourth-order valence-corrected chi connectivity index (χ4v) is 4.56. The molecule has 0 saturated heterocycles. The summed E-state index contributed by atoms with van der Waals surface area (Å²) in [6.07, 6.45) is 1.47. The van der Waals surface area contributed by atoms with Gasteiger partial charge in [-0.1, -0.05) is 60.7 Å². The molecule has 0 aliphatic rings. The summed E-state index contributed by atoms with van der Waals surface area (Å²) in [5.74, 6) is -3.71. The quantitative estimate of drug-likeness (QED) is 0.103. The molecule has 2 amide bonds. The first-order chi connectivity index (χ1) is 23.4. The van der Waals surface area contributed by atoms with Crippen LogP contribution in [0.2, 0.25) is 0 Å². The van der Waals surface area contributed by atoms with Crippen LogP contribution in [-0.2, 0) is 25.6 Å². The maximum absolute atomic E-state index is 13.5. The molecule has 0 radical (unpaired) electrons. The van der Waals surface area contributed by atoms with Crippen LogP contribution in [0.5, 0.6) is 0 Å². The lowest BCUT2D eigenvalue weighted by Gasteiger charge is -2.23. The van der Waals surface area contributed by atoms with Crippen LogP contribution in [0.4, 0.5) is 19.0 Å². The molecule has 2 heterocycles. The molecule has 4 aromatic rings. The average molecular weight is 680 g/mol. The molecule has 2 aromatic carbocycles. The number of aromatic nitrogens is 2. The molecule has 4 rings (SSSR count). The predicted molar refractivity (Wildman–Crippen MR) is 175 cm³/mol. The number of nitrogens with zero attached hydrogens (tertiary/aromatic N) is 2. The third kappa shape index (κ3) is 13.8. The third-order valence-electron chi connectivity index (χ3n) is 7.00. The van der Waals surface area contributed by atoms with Crippen molar-refractivity contribution >= 4 is 29.6 Å². The Bertz CT molecular complexity index is 1630. The molecular formula is C35H36F3N5O6. The number of anilines is 1. The number of hydrogen-bond acceptors (Lipinski definition) is 7. The van der Waals surface area contributed by atoms with Gasteiger partial charge in [-0.3, -0.25) is 19.4 Å². The van der Waals surface area contributed by atoms with Crippen molar-refractivity contribution in [2.45, 2.75) is 50.4 Å². The molecule has 2 atom stereocenters. The number of rotatable bonds is 15. The smallest absolute Gasteiger partial charge is 0.481 e. The molecule has 49 heavy (non-hydrogen) atoms. The molecule has 258 valence electrons. The number of carbonyl (C=O) groups is 4. The van der Waals surface area contributed by atoms with Crippen LogP contribution < -0.4 is 16.0 Å². The van der Waals surface area contributed by atoms with E-state index in [0.717, 1.165) is 28.9 Å². The summed E-state index contributed by atoms with van der Waals surface area (Å²) in [5.41, 5.74) is 3.51. The summed E-state index contributed by atoms with van der Waals surface area (Å²) in [7, 11) is 0. The molecule has 0 bridgehead atoms. The lowest BCUT2D eigenvalue weighted by molar-refractivity contribution is -0.192. The van der Waals surface area contributed by atoms with Crippen LogP contribution >= 0.6 is 0 Å². The Hall–Kier alpha value is -5.79. The van der Waals surface area contributed by atoms with Gasteiger partial charge in [0, 0.05) is 38.0 Å². The van der Waals surface area contributed by atoms with Gasteiger partial charge in [0.05, 0.1) is 12.5 Å². The third-order valence-corrected chi connectivity index (χ3v) is 7.00. The summed E-state index contributed by atoms with van der Waals surface area (Å²) < 4.78 is 31.7. The van der Waals surface area contributed by atoms with Crippen molar-refractivity contribution < 1.29 is 42.6 Å². The average Bonchev–Trinajstić information content (AvgIpc) is 3.08. The standard InChI is InChI=1S/C33H35N5O4.C2HF3O2/c39-31(11-5-7-19-36-30-10-4-6-18-35-30)37-29(22-24-16-20-34-21-17-24)33(42)38-28(23-32(40)41)27-14-12-26(13-15-27)25-8-2-1-3-9-25;3-2(4,5)1(6)7/h1-4,6,8-10,12-18,20-21,28-29H,5,7,11,19,22-23H2,(H,35,36)(H,37,39)(H,38,42)(H,40,41);(H,6,7)/t28?,29-;/m0./s1. The Morgan fingerprint density at radius 3 is 1.98 bits per heavy atom. The van der Waals surface area contributed by atoms with Gasteiger partial charge in [0.1, 0.15) is 11.9 Å². The maximum atomic E-state index is 13.5. The second-order valence-corrected chi connectivity index (χ2v) is 10.7. The van der Waals surface area contributed by atoms with Crippen molar-refractivity contribution in [3.05, 3.63) is 115 Å². The monoisotopic (exact) mass is 679 g/mol. The Morgan fingerprint density at radius 2 is 1.39 bits per heavy atom. The number of aliphatic carboxylic acids is 2. The number of carbonyl (C=O) groups excluding carboxylic acids is 2. The fraction of sp³-hybridized carbons (Fsp3) is 0.257. The minimum absolute atomic E-state index is 0.244. The van der Waals surface area contributed by atoms with E-state index in [2.05, 4.69) is 25.9 Å². The number of pyridine rings is 2. The molecule has 1 unspecified atom stereocenters. The van der Waals surface area contributed by atoms with Gasteiger partial charge in [0.25, 0.3) is 0 Å². The molecule has 0 saturated carbocycles. The van der Waals surface area contributed by atoms with E-state index < -0.39 is 36.1 Å². The van der Waals surface area contributed by atoms with Gasteiger partial charge < -0.3 is 26.2 Å². The Morgan fingerprint density at radius 1 is 0.755 bits per heavy atom. The van der Waals surface area contributed by atoms with E-state index in [1.54, 1.807) is 30.7 Å². The van der Waals surface area contributed by atoms with E-state index in [0.29, 0.717) is 18.5 Å². The van der Waals surface area contributed by atoms with Crippen molar-refractivity contribution in [3.63, 3.8) is 0 Å². The normalized spacial score (nSPS) is 12.0. The molecule has 0 aliphatic carbocycles. The van der Waals surface area contributed by atoms with Gasteiger partial charge in [0.15, 0.2) is 0 Å². The first-order valence-electron chi connectivity index (χ1n) is 15.2. The SMILES string of the molecule is O=C(O)C(F)(F)F.O=C(O)CC(NC(=O)[C@H](Cc1ccncc1)NC(=O)CCCCNc1ccccn1)c1ccc(-c2ccccc2)cc1. The van der Waals surface area contributed by atoms with E-state index in [1.165, 1.54) is 0 Å². The number of hydrogen-bond donors (Lipinski definition) is 5. The number of carboxylic acid groups (broad SMARTS) is 2. The second-order valence-electron chi connectivity index (χ2n) is 10.7. The number of unbranched alkanes of at least 4 members (excludes halogenated alkanes) is 1. The summed E-state index contributed by atoms with van der Waals surface area (Å²) in [4.78, 5) is 55.2. The van der Waals surface area contributed by atoms with Gasteiger partial charge in [-0.15, -0.1) is 0 Å². The van der Waals surface area contributed by atoms with Crippen LogP contribution in [0.1, 0.15) is 42.9 Å². The molecular weight excluding hydrogens is 643 g/mol. The second kappa shape index (κ2) is 19.1. The fourth-order valence-electron chi connectivity index (χ4n) is 4.56. The van der Waals surface area contributed by atoms with Crippen molar-refractivity contribution in [3.8, 4) is 11.1 Å². The van der Waals surface area contributed by atoms with Crippen molar-refractivity contribution in [1.82, 2.24) is 20.6 Å². The van der Waals surface area contributed by atoms with E-state index in [4.69, 9.17) is 9.90 Å². The topological polar surface area (TPSA) is 171 Å². The van der Waals surface area contributed by atoms with Crippen LogP contribution in [-0.4, -0.2) is 62.7 Å². The highest BCUT2D eigenvalue weighted by atomic mass is 19.4. The number of nitrogens with one attached hydrogen (secondary N) is 3. The number of halogens is 3. The van der Waals surface area contributed by atoms with Gasteiger partial charge in [-0.25, -0.2) is 9.78 Å². The molecule has 11 nitrogen and oxygen atoms in total. The van der Waals surface area contributed by atoms with Crippen molar-refractivity contribution in [2.75, 3.05) is 11.9 Å². The summed E-state index contributed by atoms with van der Waals surface area (Å²) in [5, 5.41) is 25.7. The number of amides is 2. The summed E-state index contributed by atoms with van der Waals surface area (Å²) in [6.45, 7) is 0.672. The van der Waals surface area contributed by atoms with Crippen LogP contribution in [0.3, 0.4) is 0 Å². The van der Waals surface area contributed by atoms with E-state index in [1.807, 2.05) is 72.8 Å². The van der Waals surface area contributed by atoms with Gasteiger partial charge in [-0.05, 0) is 59.4 Å². The molecule has 14 heteroatoms. The van der Waals surface area contributed by atoms with Gasteiger partial charge in [0.2, 0.25) is 11.8 Å². The first-order valence-corrected chi connectivity index (χ1v) is 15.2. The molecule has 0 spiro atoms. The predicted octanol–water partition coefficient (Wildman–Crippen LogP) is 5.42. The zero-order valence-electron chi connectivity index (χ0n) is 26.3. The summed E-state index contributed by atoms with van der Waals surface area (Å²) in [6, 6.07) is 24.8. The minimum atomic E-state index is -5.08. The highest BCUT2D eigenvalue weighted by Gasteiger charge is 2.38. The molecule has 5 N–H and O–H groups in total. The van der Waals surface area contributed by atoms with Crippen LogP contribution in [0.15, 0.2) is 104 Å². The minimum Gasteiger partial charge on any atom is -0.481 e. The first kappa shape index (κ1) is 37.7. The number of benzene rings is 2. The largest absolute Gasteiger partial charge is 0.490 e.